The number of hydrogen-bond donors (Lipinski definition) is 1. The van der Waals surface area contributed by atoms with E-state index in [-0.39, 0.29) is 5.41 Å². The summed E-state index contributed by atoms with van der Waals surface area (Å²) in [5, 5.41) is 13.1. The lowest BCUT2D eigenvalue weighted by Gasteiger charge is -2.38. The molecular formula is C13H14F2N2O3. The second-order valence-corrected chi connectivity index (χ2v) is 5.39. The van der Waals surface area contributed by atoms with Gasteiger partial charge in [0.15, 0.2) is 0 Å². The fourth-order valence-electron chi connectivity index (χ4n) is 2.22. The van der Waals surface area contributed by atoms with Gasteiger partial charge in [-0.3, -0.25) is 14.9 Å². The number of amides is 1. The Balaban J connectivity index is 2.19. The molecular weight excluding hydrogens is 270 g/mol. The molecule has 1 aliphatic rings. The molecule has 1 aliphatic carbocycles. The summed E-state index contributed by atoms with van der Waals surface area (Å²) in [5.41, 5.74) is -1.70. The molecule has 1 amide bonds. The number of carbonyl (C=O) groups excluding carboxylic acids is 1. The summed E-state index contributed by atoms with van der Waals surface area (Å²) in [6.45, 7) is 2.33. The Morgan fingerprint density at radius 3 is 2.60 bits per heavy atom. The summed E-state index contributed by atoms with van der Waals surface area (Å²) in [7, 11) is 0. The number of benzene rings is 1. The van der Waals surface area contributed by atoms with Crippen LogP contribution in [0.5, 0.6) is 0 Å². The molecule has 0 aromatic heterocycles. The van der Waals surface area contributed by atoms with Crippen LogP contribution in [0.1, 0.15) is 36.5 Å². The Morgan fingerprint density at radius 1 is 1.45 bits per heavy atom. The van der Waals surface area contributed by atoms with Crippen LogP contribution in [0, 0.1) is 27.2 Å². The van der Waals surface area contributed by atoms with Gasteiger partial charge in [0.25, 0.3) is 5.91 Å². The van der Waals surface area contributed by atoms with Gasteiger partial charge in [0.1, 0.15) is 5.82 Å². The smallest absolute Gasteiger partial charge is 0.308 e. The van der Waals surface area contributed by atoms with Crippen LogP contribution in [0.2, 0.25) is 0 Å². The summed E-state index contributed by atoms with van der Waals surface area (Å²) in [6, 6.07) is 1.13. The molecule has 1 fully saturated rings. The molecule has 0 radical (unpaired) electrons. The quantitative estimate of drug-likeness (QED) is 0.682. The SMILES string of the molecule is CC1(CNC(=O)c2cc(F)cc([N+](=O)[O-])c2F)CCC1. The number of nitrogens with zero attached hydrogens (tertiary/aromatic N) is 1. The molecule has 5 nitrogen and oxygen atoms in total. The Labute approximate surface area is 114 Å². The molecule has 0 aliphatic heterocycles. The topological polar surface area (TPSA) is 72.2 Å². The minimum Gasteiger partial charge on any atom is -0.351 e. The highest BCUT2D eigenvalue weighted by Gasteiger charge is 2.32. The Kier molecular flexibility index (Phi) is 3.69. The second-order valence-electron chi connectivity index (χ2n) is 5.39. The molecule has 1 N–H and O–H groups in total. The molecule has 108 valence electrons. The first-order valence-electron chi connectivity index (χ1n) is 6.24. The third kappa shape index (κ3) is 2.76. The second kappa shape index (κ2) is 5.15. The molecule has 0 heterocycles. The van der Waals surface area contributed by atoms with Gasteiger partial charge in [0.2, 0.25) is 5.82 Å². The number of halogens is 2. The number of nitrogens with one attached hydrogen (secondary N) is 1. The van der Waals surface area contributed by atoms with Crippen LogP contribution in [-0.2, 0) is 0 Å². The Bertz CT molecular complexity index is 571. The monoisotopic (exact) mass is 284 g/mol. The zero-order valence-electron chi connectivity index (χ0n) is 10.9. The summed E-state index contributed by atoms with van der Waals surface area (Å²) in [4.78, 5) is 21.4. The van der Waals surface area contributed by atoms with Gasteiger partial charge in [-0.2, -0.15) is 4.39 Å². The van der Waals surface area contributed by atoms with Gasteiger partial charge in [-0.25, -0.2) is 4.39 Å². The van der Waals surface area contributed by atoms with Gasteiger partial charge >= 0.3 is 5.69 Å². The lowest BCUT2D eigenvalue weighted by molar-refractivity contribution is -0.387. The van der Waals surface area contributed by atoms with Crippen molar-refractivity contribution >= 4 is 11.6 Å². The first-order chi connectivity index (χ1) is 9.32. The standard InChI is InChI=1S/C13H14F2N2O3/c1-13(3-2-4-13)7-16-12(18)9-5-8(14)6-10(11(9)15)17(19)20/h5-6H,2-4,7H2,1H3,(H,16,18). The van der Waals surface area contributed by atoms with Crippen molar-refractivity contribution in [3.8, 4) is 0 Å². The highest BCUT2D eigenvalue weighted by molar-refractivity contribution is 5.95. The van der Waals surface area contributed by atoms with Crippen molar-refractivity contribution in [2.24, 2.45) is 5.41 Å². The number of nitro groups is 1. The fraction of sp³-hybridized carbons (Fsp3) is 0.462. The molecule has 20 heavy (non-hydrogen) atoms. The predicted molar refractivity (Wildman–Crippen MR) is 67.3 cm³/mol. The van der Waals surface area contributed by atoms with E-state index in [0.29, 0.717) is 18.7 Å². The first-order valence-corrected chi connectivity index (χ1v) is 6.24. The summed E-state index contributed by atoms with van der Waals surface area (Å²) >= 11 is 0. The lowest BCUT2D eigenvalue weighted by atomic mass is 9.70. The molecule has 7 heteroatoms. The molecule has 1 saturated carbocycles. The summed E-state index contributed by atoms with van der Waals surface area (Å²) in [6.07, 6.45) is 2.99. The summed E-state index contributed by atoms with van der Waals surface area (Å²) < 4.78 is 27.0. The maximum atomic E-state index is 13.8. The van der Waals surface area contributed by atoms with E-state index < -0.39 is 33.7 Å². The van der Waals surface area contributed by atoms with Gasteiger partial charge in [-0.15, -0.1) is 0 Å². The van der Waals surface area contributed by atoms with Crippen molar-refractivity contribution in [3.05, 3.63) is 39.4 Å². The highest BCUT2D eigenvalue weighted by atomic mass is 19.1. The Hall–Kier alpha value is -2.05. The maximum absolute atomic E-state index is 13.8. The van der Waals surface area contributed by atoms with Crippen molar-refractivity contribution in [1.82, 2.24) is 5.32 Å². The van der Waals surface area contributed by atoms with Crippen LogP contribution < -0.4 is 5.32 Å². The minimum atomic E-state index is -1.31. The van der Waals surface area contributed by atoms with E-state index >= 15 is 0 Å². The molecule has 0 unspecified atom stereocenters. The molecule has 0 bridgehead atoms. The molecule has 2 rings (SSSR count). The van der Waals surface area contributed by atoms with E-state index in [0.717, 1.165) is 19.3 Å². The van der Waals surface area contributed by atoms with E-state index in [9.17, 15) is 23.7 Å². The normalized spacial score (nSPS) is 16.4. The summed E-state index contributed by atoms with van der Waals surface area (Å²) in [5.74, 6) is -3.16. The van der Waals surface area contributed by atoms with Gasteiger partial charge < -0.3 is 5.32 Å². The van der Waals surface area contributed by atoms with E-state index in [1.54, 1.807) is 0 Å². The van der Waals surface area contributed by atoms with Gasteiger partial charge in [-0.1, -0.05) is 13.3 Å². The Morgan fingerprint density at radius 2 is 2.10 bits per heavy atom. The molecule has 1 aromatic rings. The molecule has 0 atom stereocenters. The number of nitro benzene ring substituents is 1. The molecule has 0 saturated heterocycles. The predicted octanol–water partition coefficient (Wildman–Crippen LogP) is 2.79. The van der Waals surface area contributed by atoms with E-state index in [2.05, 4.69) is 5.32 Å². The zero-order valence-corrected chi connectivity index (χ0v) is 10.9. The van der Waals surface area contributed by atoms with Crippen LogP contribution in [0.4, 0.5) is 14.5 Å². The maximum Gasteiger partial charge on any atom is 0.308 e. The van der Waals surface area contributed by atoms with Crippen LogP contribution in [0.3, 0.4) is 0 Å². The largest absolute Gasteiger partial charge is 0.351 e. The zero-order chi connectivity index (χ0) is 14.9. The van der Waals surface area contributed by atoms with E-state index in [1.807, 2.05) is 6.92 Å². The number of carbonyl (C=O) groups is 1. The fourth-order valence-corrected chi connectivity index (χ4v) is 2.22. The minimum absolute atomic E-state index is 0.0224. The number of hydrogen-bond acceptors (Lipinski definition) is 3. The molecule has 0 spiro atoms. The number of rotatable bonds is 4. The van der Waals surface area contributed by atoms with Crippen molar-refractivity contribution in [1.29, 1.82) is 0 Å². The van der Waals surface area contributed by atoms with Gasteiger partial charge in [0.05, 0.1) is 16.6 Å². The first kappa shape index (κ1) is 14.4. The molecule has 1 aromatic carbocycles. The third-order valence-electron chi connectivity index (χ3n) is 3.70. The van der Waals surface area contributed by atoms with Crippen molar-refractivity contribution in [3.63, 3.8) is 0 Å². The van der Waals surface area contributed by atoms with Crippen molar-refractivity contribution in [2.45, 2.75) is 26.2 Å². The van der Waals surface area contributed by atoms with Crippen molar-refractivity contribution in [2.75, 3.05) is 6.54 Å². The van der Waals surface area contributed by atoms with E-state index in [1.165, 1.54) is 0 Å². The van der Waals surface area contributed by atoms with Crippen molar-refractivity contribution < 1.29 is 18.5 Å². The third-order valence-corrected chi connectivity index (χ3v) is 3.70. The highest BCUT2D eigenvalue weighted by Crippen LogP contribution is 2.39. The average Bonchev–Trinajstić information content (AvgIpc) is 2.35. The average molecular weight is 284 g/mol. The van der Waals surface area contributed by atoms with E-state index in [4.69, 9.17) is 0 Å². The van der Waals surface area contributed by atoms with Crippen LogP contribution in [-0.4, -0.2) is 17.4 Å². The lowest BCUT2D eigenvalue weighted by Crippen LogP contribution is -2.40. The van der Waals surface area contributed by atoms with Crippen LogP contribution >= 0.6 is 0 Å². The van der Waals surface area contributed by atoms with Crippen LogP contribution in [0.25, 0.3) is 0 Å². The van der Waals surface area contributed by atoms with Gasteiger partial charge in [0, 0.05) is 6.54 Å². The van der Waals surface area contributed by atoms with Crippen LogP contribution in [0.15, 0.2) is 12.1 Å². The van der Waals surface area contributed by atoms with Gasteiger partial charge in [-0.05, 0) is 24.3 Å².